The van der Waals surface area contributed by atoms with Crippen molar-refractivity contribution in [2.75, 3.05) is 26.7 Å². The van der Waals surface area contributed by atoms with Crippen molar-refractivity contribution in [1.29, 1.82) is 0 Å². The molecule has 0 aromatic rings. The predicted molar refractivity (Wildman–Crippen MR) is 68.6 cm³/mol. The molecule has 2 fully saturated rings. The van der Waals surface area contributed by atoms with Gasteiger partial charge in [-0.3, -0.25) is 4.79 Å². The van der Waals surface area contributed by atoms with Crippen LogP contribution in [0.2, 0.25) is 0 Å². The summed E-state index contributed by atoms with van der Waals surface area (Å²) in [6, 6.07) is 0. The maximum atomic E-state index is 11.7. The van der Waals surface area contributed by atoms with Crippen molar-refractivity contribution < 1.29 is 4.79 Å². The quantitative estimate of drug-likeness (QED) is 0.743. The number of carbonyl (C=O) groups is 1. The highest BCUT2D eigenvalue weighted by Gasteiger charge is 2.46. The van der Waals surface area contributed by atoms with Crippen molar-refractivity contribution in [2.24, 2.45) is 11.7 Å². The van der Waals surface area contributed by atoms with E-state index in [0.717, 1.165) is 32.2 Å². The molecular weight excluding hydrogens is 214 g/mol. The molecule has 17 heavy (non-hydrogen) atoms. The Morgan fingerprint density at radius 1 is 1.41 bits per heavy atom. The minimum absolute atomic E-state index is 0.163. The van der Waals surface area contributed by atoms with Crippen molar-refractivity contribution in [2.45, 2.75) is 44.1 Å². The van der Waals surface area contributed by atoms with Crippen molar-refractivity contribution >= 4 is 5.91 Å². The molecule has 2 atom stereocenters. The molecule has 2 aliphatic rings. The van der Waals surface area contributed by atoms with Gasteiger partial charge in [0.25, 0.3) is 0 Å². The zero-order chi connectivity index (χ0) is 12.3. The fraction of sp³-hybridized carbons (Fsp3) is 0.923. The van der Waals surface area contributed by atoms with E-state index >= 15 is 0 Å². The van der Waals surface area contributed by atoms with E-state index in [1.54, 1.807) is 0 Å². The second-order valence-corrected chi connectivity index (χ2v) is 5.51. The molecule has 3 N–H and O–H groups in total. The highest BCUT2D eigenvalue weighted by atomic mass is 16.1. The van der Waals surface area contributed by atoms with Crippen molar-refractivity contribution in [3.63, 3.8) is 0 Å². The Labute approximate surface area is 104 Å². The molecule has 0 bridgehead atoms. The van der Waals surface area contributed by atoms with Crippen molar-refractivity contribution in [3.8, 4) is 0 Å². The molecule has 4 nitrogen and oxygen atoms in total. The Hall–Kier alpha value is -0.610. The van der Waals surface area contributed by atoms with Gasteiger partial charge in [-0.2, -0.15) is 0 Å². The fourth-order valence-electron chi connectivity index (χ4n) is 3.59. The van der Waals surface area contributed by atoms with Crippen LogP contribution >= 0.6 is 0 Å². The van der Waals surface area contributed by atoms with Gasteiger partial charge in [0.2, 0.25) is 5.91 Å². The van der Waals surface area contributed by atoms with Crippen LogP contribution < -0.4 is 11.1 Å². The van der Waals surface area contributed by atoms with E-state index in [4.69, 9.17) is 5.73 Å². The number of rotatable bonds is 5. The Balaban J connectivity index is 1.91. The van der Waals surface area contributed by atoms with Crippen LogP contribution in [0.1, 0.15) is 38.5 Å². The monoisotopic (exact) mass is 239 g/mol. The van der Waals surface area contributed by atoms with Crippen LogP contribution in [0, 0.1) is 5.92 Å². The number of likely N-dealkylation sites (tertiary alicyclic amines) is 1. The molecule has 1 saturated heterocycles. The van der Waals surface area contributed by atoms with E-state index in [1.807, 2.05) is 7.05 Å². The summed E-state index contributed by atoms with van der Waals surface area (Å²) in [5.41, 5.74) is 5.17. The summed E-state index contributed by atoms with van der Waals surface area (Å²) in [5.74, 6) is 0.259. The van der Waals surface area contributed by atoms with Gasteiger partial charge in [0.05, 0.1) is 0 Å². The molecule has 4 heteroatoms. The number of carbonyl (C=O) groups excluding carboxylic acids is 1. The first-order valence-electron chi connectivity index (χ1n) is 6.90. The largest absolute Gasteiger partial charge is 0.368 e. The van der Waals surface area contributed by atoms with E-state index in [2.05, 4.69) is 10.2 Å². The van der Waals surface area contributed by atoms with Gasteiger partial charge >= 0.3 is 0 Å². The minimum Gasteiger partial charge on any atom is -0.368 e. The smallest absolute Gasteiger partial charge is 0.238 e. The molecule has 1 heterocycles. The topological polar surface area (TPSA) is 58.4 Å². The van der Waals surface area contributed by atoms with Gasteiger partial charge in [-0.15, -0.1) is 0 Å². The van der Waals surface area contributed by atoms with Gasteiger partial charge < -0.3 is 16.0 Å². The molecular formula is C13H25N3O. The van der Waals surface area contributed by atoms with Gasteiger partial charge in [0, 0.05) is 0 Å². The summed E-state index contributed by atoms with van der Waals surface area (Å²) in [6.45, 7) is 3.59. The second-order valence-electron chi connectivity index (χ2n) is 5.51. The normalized spacial score (nSPS) is 34.3. The number of likely N-dealkylation sites (N-methyl/N-ethyl adjacent to an activating group) is 1. The van der Waals surface area contributed by atoms with Gasteiger partial charge in [-0.25, -0.2) is 0 Å². The van der Waals surface area contributed by atoms with E-state index < -0.39 is 5.54 Å². The summed E-state index contributed by atoms with van der Waals surface area (Å²) >= 11 is 0. The van der Waals surface area contributed by atoms with Gasteiger partial charge in [-0.05, 0) is 64.7 Å². The molecule has 1 aliphatic carbocycles. The molecule has 0 radical (unpaired) electrons. The summed E-state index contributed by atoms with van der Waals surface area (Å²) < 4.78 is 0. The third-order valence-electron chi connectivity index (χ3n) is 4.70. The number of nitrogens with two attached hydrogens (primary N) is 1. The molecule has 0 aromatic heterocycles. The highest BCUT2D eigenvalue weighted by molar-refractivity contribution is 5.85. The number of nitrogens with zero attached hydrogens (tertiary/aromatic N) is 1. The van der Waals surface area contributed by atoms with Crippen LogP contribution in [0.25, 0.3) is 0 Å². The van der Waals surface area contributed by atoms with Crippen LogP contribution in [0.4, 0.5) is 0 Å². The standard InChI is InChI=1S/C13H25N3O/c1-15-13(12(14)17)7-4-5-11(13)6-10-16-8-2-3-9-16/h11,15H,2-10H2,1H3,(H2,14,17). The van der Waals surface area contributed by atoms with Crippen LogP contribution in [0.15, 0.2) is 0 Å². The first-order chi connectivity index (χ1) is 8.19. The predicted octanol–water partition coefficient (Wildman–Crippen LogP) is 0.716. The summed E-state index contributed by atoms with van der Waals surface area (Å²) in [7, 11) is 1.87. The lowest BCUT2D eigenvalue weighted by Crippen LogP contribution is -2.56. The SMILES string of the molecule is CNC1(C(N)=O)CCCC1CCN1CCCC1. The maximum Gasteiger partial charge on any atom is 0.238 e. The second kappa shape index (κ2) is 5.36. The summed E-state index contributed by atoms with van der Waals surface area (Å²) in [5, 5.41) is 3.21. The van der Waals surface area contributed by atoms with Crippen LogP contribution in [0.5, 0.6) is 0 Å². The molecule has 1 aliphatic heterocycles. The Kier molecular flexibility index (Phi) is 4.05. The zero-order valence-electron chi connectivity index (χ0n) is 10.9. The summed E-state index contributed by atoms with van der Waals surface area (Å²) in [6.07, 6.45) is 6.93. The number of amides is 1. The van der Waals surface area contributed by atoms with Crippen molar-refractivity contribution in [1.82, 2.24) is 10.2 Å². The number of hydrogen-bond donors (Lipinski definition) is 2. The van der Waals surface area contributed by atoms with E-state index in [-0.39, 0.29) is 5.91 Å². The van der Waals surface area contributed by atoms with Crippen LogP contribution in [-0.4, -0.2) is 43.0 Å². The van der Waals surface area contributed by atoms with E-state index in [1.165, 1.54) is 25.9 Å². The lowest BCUT2D eigenvalue weighted by atomic mass is 9.84. The lowest BCUT2D eigenvalue weighted by Gasteiger charge is -2.33. The highest BCUT2D eigenvalue weighted by Crippen LogP contribution is 2.37. The third-order valence-corrected chi connectivity index (χ3v) is 4.70. The fourth-order valence-corrected chi connectivity index (χ4v) is 3.59. The molecule has 2 unspecified atom stereocenters. The molecule has 1 saturated carbocycles. The average molecular weight is 239 g/mol. The molecule has 98 valence electrons. The van der Waals surface area contributed by atoms with Crippen LogP contribution in [0.3, 0.4) is 0 Å². The Bertz CT molecular complexity index is 276. The summed E-state index contributed by atoms with van der Waals surface area (Å²) in [4.78, 5) is 14.2. The number of nitrogens with one attached hydrogen (secondary N) is 1. The molecule has 0 spiro atoms. The van der Waals surface area contributed by atoms with Gasteiger partial charge in [-0.1, -0.05) is 6.42 Å². The number of primary amides is 1. The third kappa shape index (κ3) is 2.47. The maximum absolute atomic E-state index is 11.7. The average Bonchev–Trinajstić information content (AvgIpc) is 2.96. The molecule has 1 amide bonds. The Morgan fingerprint density at radius 2 is 2.12 bits per heavy atom. The lowest BCUT2D eigenvalue weighted by molar-refractivity contribution is -0.125. The number of hydrogen-bond acceptors (Lipinski definition) is 3. The Morgan fingerprint density at radius 3 is 2.71 bits per heavy atom. The molecule has 0 aromatic carbocycles. The van der Waals surface area contributed by atoms with Gasteiger partial charge in [0.15, 0.2) is 0 Å². The first kappa shape index (κ1) is 12.8. The van der Waals surface area contributed by atoms with E-state index in [0.29, 0.717) is 5.92 Å². The molecule has 2 rings (SSSR count). The zero-order valence-corrected chi connectivity index (χ0v) is 10.9. The van der Waals surface area contributed by atoms with Crippen LogP contribution in [-0.2, 0) is 4.79 Å². The van der Waals surface area contributed by atoms with Gasteiger partial charge in [0.1, 0.15) is 5.54 Å². The van der Waals surface area contributed by atoms with E-state index in [9.17, 15) is 4.79 Å². The minimum atomic E-state index is -0.431. The van der Waals surface area contributed by atoms with Crippen molar-refractivity contribution in [3.05, 3.63) is 0 Å². The first-order valence-corrected chi connectivity index (χ1v) is 6.90.